The second-order valence-electron chi connectivity index (χ2n) is 7.90. The number of amides is 1. The van der Waals surface area contributed by atoms with Crippen LogP contribution >= 0.6 is 0 Å². The van der Waals surface area contributed by atoms with Gasteiger partial charge in [-0.2, -0.15) is 0 Å². The molecule has 1 unspecified atom stereocenters. The van der Waals surface area contributed by atoms with Gasteiger partial charge < -0.3 is 4.42 Å². The van der Waals surface area contributed by atoms with E-state index in [1.54, 1.807) is 48.7 Å². The molecule has 1 aliphatic rings. The van der Waals surface area contributed by atoms with Crippen molar-refractivity contribution in [3.63, 3.8) is 0 Å². The fraction of sp³-hybridized carbons (Fsp3) is 0.160. The van der Waals surface area contributed by atoms with Crippen LogP contribution in [0.25, 0.3) is 11.0 Å². The number of hydrogen-bond donors (Lipinski definition) is 0. The van der Waals surface area contributed by atoms with Gasteiger partial charge in [0.15, 0.2) is 5.43 Å². The normalized spacial score (nSPS) is 15.5. The number of fused-ring (bicyclic) bond motifs is 2. The molecule has 0 bridgehead atoms. The number of carbonyl (C=O) groups excluding carboxylic acids is 1. The van der Waals surface area contributed by atoms with Gasteiger partial charge in [0.2, 0.25) is 5.76 Å². The number of hydrogen-bond acceptors (Lipinski definition) is 4. The number of benzene rings is 2. The van der Waals surface area contributed by atoms with E-state index in [1.807, 2.05) is 20.8 Å². The summed E-state index contributed by atoms with van der Waals surface area (Å²) in [6.45, 7) is 5.69. The number of nitrogens with zero attached hydrogens (tertiary/aromatic N) is 2. The number of carbonyl (C=O) groups is 1. The highest BCUT2D eigenvalue weighted by Gasteiger charge is 2.45. The summed E-state index contributed by atoms with van der Waals surface area (Å²) in [4.78, 5) is 32.7. The molecule has 6 heteroatoms. The maximum atomic E-state index is 14.9. The molecule has 4 aromatic rings. The molecule has 0 N–H and O–H groups in total. The molecule has 1 aliphatic heterocycles. The van der Waals surface area contributed by atoms with E-state index in [4.69, 9.17) is 4.42 Å². The Morgan fingerprint density at radius 1 is 1.00 bits per heavy atom. The highest BCUT2D eigenvalue weighted by molar-refractivity contribution is 6.10. The van der Waals surface area contributed by atoms with E-state index >= 15 is 0 Å². The van der Waals surface area contributed by atoms with Crippen molar-refractivity contribution in [3.05, 3.63) is 104 Å². The summed E-state index contributed by atoms with van der Waals surface area (Å²) in [6, 6.07) is 12.2. The molecule has 0 spiro atoms. The lowest BCUT2D eigenvalue weighted by Gasteiger charge is -2.24. The first-order valence-corrected chi connectivity index (χ1v) is 9.95. The Morgan fingerprint density at radius 2 is 1.74 bits per heavy atom. The zero-order valence-electron chi connectivity index (χ0n) is 17.3. The molecule has 1 amide bonds. The lowest BCUT2D eigenvalue weighted by molar-refractivity contribution is 0.0970. The molecule has 0 fully saturated rings. The lowest BCUT2D eigenvalue weighted by Crippen LogP contribution is -2.30. The smallest absolute Gasteiger partial charge is 0.296 e. The van der Waals surface area contributed by atoms with Gasteiger partial charge in [-0.25, -0.2) is 9.37 Å². The summed E-state index contributed by atoms with van der Waals surface area (Å²) in [7, 11) is 0. The van der Waals surface area contributed by atoms with Gasteiger partial charge in [0.25, 0.3) is 5.91 Å². The third-order valence-corrected chi connectivity index (χ3v) is 5.83. The fourth-order valence-corrected chi connectivity index (χ4v) is 4.11. The Bertz CT molecular complexity index is 1440. The van der Waals surface area contributed by atoms with Crippen LogP contribution < -0.4 is 10.3 Å². The van der Waals surface area contributed by atoms with Crippen LogP contribution in [0.3, 0.4) is 0 Å². The maximum Gasteiger partial charge on any atom is 0.296 e. The zero-order valence-corrected chi connectivity index (χ0v) is 17.3. The van der Waals surface area contributed by atoms with Crippen LogP contribution in [0.1, 0.15) is 44.4 Å². The maximum absolute atomic E-state index is 14.9. The molecule has 3 heterocycles. The van der Waals surface area contributed by atoms with Gasteiger partial charge in [-0.3, -0.25) is 14.5 Å². The highest BCUT2D eigenvalue weighted by Crippen LogP contribution is 2.41. The van der Waals surface area contributed by atoms with Crippen molar-refractivity contribution in [2.45, 2.75) is 26.8 Å². The van der Waals surface area contributed by atoms with Crippen molar-refractivity contribution in [2.75, 3.05) is 4.90 Å². The molecular formula is C25H19FN2O3. The first-order chi connectivity index (χ1) is 14.9. The Hall–Kier alpha value is -3.80. The van der Waals surface area contributed by atoms with Crippen molar-refractivity contribution >= 4 is 22.7 Å². The van der Waals surface area contributed by atoms with Crippen molar-refractivity contribution in [1.29, 1.82) is 0 Å². The Kier molecular flexibility index (Phi) is 4.25. The molecule has 154 valence electrons. The number of aromatic nitrogens is 1. The van der Waals surface area contributed by atoms with E-state index in [0.29, 0.717) is 16.8 Å². The first-order valence-electron chi connectivity index (χ1n) is 9.95. The standard InChI is InChI=1S/C25H19FN2O3/c1-13-8-9-27-20(10-13)28-22(16-6-4-5-7-18(16)26)21-23(29)17-11-14(2)15(3)12-19(17)31-24(21)25(28)30/h4-12,22H,1-3H3. The second-order valence-corrected chi connectivity index (χ2v) is 7.90. The third-order valence-electron chi connectivity index (χ3n) is 5.83. The van der Waals surface area contributed by atoms with E-state index in [9.17, 15) is 14.0 Å². The summed E-state index contributed by atoms with van der Waals surface area (Å²) in [6.07, 6.45) is 1.58. The van der Waals surface area contributed by atoms with E-state index in [-0.39, 0.29) is 22.3 Å². The number of anilines is 1. The molecule has 0 saturated carbocycles. The zero-order chi connectivity index (χ0) is 21.9. The minimum Gasteiger partial charge on any atom is -0.450 e. The summed E-state index contributed by atoms with van der Waals surface area (Å²) in [5.74, 6) is -0.762. The summed E-state index contributed by atoms with van der Waals surface area (Å²) >= 11 is 0. The average Bonchev–Trinajstić information content (AvgIpc) is 3.02. The predicted octanol–water partition coefficient (Wildman–Crippen LogP) is 5.00. The minimum absolute atomic E-state index is 0.0719. The van der Waals surface area contributed by atoms with Crippen LogP contribution in [-0.4, -0.2) is 10.9 Å². The number of halogens is 1. The molecule has 0 radical (unpaired) electrons. The van der Waals surface area contributed by atoms with Crippen LogP contribution in [0, 0.1) is 26.6 Å². The monoisotopic (exact) mass is 414 g/mol. The molecule has 5 nitrogen and oxygen atoms in total. The van der Waals surface area contributed by atoms with Gasteiger partial charge in [0.1, 0.15) is 17.2 Å². The summed E-state index contributed by atoms with van der Waals surface area (Å²) < 4.78 is 20.9. The largest absolute Gasteiger partial charge is 0.450 e. The highest BCUT2D eigenvalue weighted by atomic mass is 19.1. The van der Waals surface area contributed by atoms with Crippen molar-refractivity contribution in [3.8, 4) is 0 Å². The summed E-state index contributed by atoms with van der Waals surface area (Å²) in [5, 5.41) is 0.370. The van der Waals surface area contributed by atoms with Crippen LogP contribution in [0.15, 0.2) is 63.9 Å². The Labute approximate surface area is 177 Å². The van der Waals surface area contributed by atoms with Crippen LogP contribution in [0.5, 0.6) is 0 Å². The number of rotatable bonds is 2. The van der Waals surface area contributed by atoms with E-state index in [0.717, 1.165) is 16.7 Å². The molecule has 2 aromatic heterocycles. The number of aryl methyl sites for hydroxylation is 3. The van der Waals surface area contributed by atoms with Gasteiger partial charge in [-0.1, -0.05) is 18.2 Å². The van der Waals surface area contributed by atoms with E-state index < -0.39 is 17.8 Å². The lowest BCUT2D eigenvalue weighted by atomic mass is 9.97. The molecule has 0 aliphatic carbocycles. The van der Waals surface area contributed by atoms with Gasteiger partial charge >= 0.3 is 0 Å². The molecule has 1 atom stereocenters. The third kappa shape index (κ3) is 2.86. The number of pyridine rings is 1. The molecule has 5 rings (SSSR count). The second kappa shape index (κ2) is 6.87. The van der Waals surface area contributed by atoms with Gasteiger partial charge in [-0.05, 0) is 67.8 Å². The van der Waals surface area contributed by atoms with Crippen molar-refractivity contribution < 1.29 is 13.6 Å². The van der Waals surface area contributed by atoms with Gasteiger partial charge in [0, 0.05) is 11.8 Å². The fourth-order valence-electron chi connectivity index (χ4n) is 4.11. The molecule has 0 saturated heterocycles. The van der Waals surface area contributed by atoms with Gasteiger partial charge in [0.05, 0.1) is 17.0 Å². The van der Waals surface area contributed by atoms with E-state index in [1.165, 1.54) is 11.0 Å². The average molecular weight is 414 g/mol. The van der Waals surface area contributed by atoms with E-state index in [2.05, 4.69) is 4.98 Å². The first kappa shape index (κ1) is 19.2. The molecule has 2 aromatic carbocycles. The predicted molar refractivity (Wildman–Crippen MR) is 116 cm³/mol. The summed E-state index contributed by atoms with van der Waals surface area (Å²) in [5.41, 5.74) is 3.12. The van der Waals surface area contributed by atoms with Crippen LogP contribution in [0.4, 0.5) is 10.2 Å². The topological polar surface area (TPSA) is 63.4 Å². The van der Waals surface area contributed by atoms with Crippen molar-refractivity contribution in [2.24, 2.45) is 0 Å². The SMILES string of the molecule is Cc1ccnc(N2C(=O)c3oc4cc(C)c(C)cc4c(=O)c3C2c2ccccc2F)c1. The Balaban J connectivity index is 1.86. The minimum atomic E-state index is -0.972. The Morgan fingerprint density at radius 3 is 2.48 bits per heavy atom. The van der Waals surface area contributed by atoms with Crippen molar-refractivity contribution in [1.82, 2.24) is 4.98 Å². The molecular weight excluding hydrogens is 395 g/mol. The van der Waals surface area contributed by atoms with Crippen LogP contribution in [0.2, 0.25) is 0 Å². The van der Waals surface area contributed by atoms with Gasteiger partial charge in [-0.15, -0.1) is 0 Å². The molecule has 31 heavy (non-hydrogen) atoms. The quantitative estimate of drug-likeness (QED) is 0.463. The van der Waals surface area contributed by atoms with Crippen LogP contribution in [-0.2, 0) is 0 Å².